The lowest BCUT2D eigenvalue weighted by Crippen LogP contribution is -2.15. The van der Waals surface area contributed by atoms with Crippen molar-refractivity contribution in [3.8, 4) is 0 Å². The van der Waals surface area contributed by atoms with Gasteiger partial charge in [0.25, 0.3) is 0 Å². The average molecular weight is 281 g/mol. The van der Waals surface area contributed by atoms with Gasteiger partial charge in [0, 0.05) is 49.8 Å². The van der Waals surface area contributed by atoms with Crippen LogP contribution in [0.15, 0.2) is 36.9 Å². The standard InChI is InChI=1S/C16H19N5/c1-20-8-7-17-15(20)11-21-10-12(9-19-13-4-5-13)14-3-2-6-18-16(14)21/h2-3,6-8,10,13,19H,4-5,9,11H2,1H3. The van der Waals surface area contributed by atoms with E-state index < -0.39 is 0 Å². The van der Waals surface area contributed by atoms with Gasteiger partial charge in [-0.15, -0.1) is 0 Å². The van der Waals surface area contributed by atoms with Crippen LogP contribution in [0.25, 0.3) is 11.0 Å². The van der Waals surface area contributed by atoms with E-state index in [4.69, 9.17) is 0 Å². The summed E-state index contributed by atoms with van der Waals surface area (Å²) in [5.41, 5.74) is 2.35. The number of pyridine rings is 1. The van der Waals surface area contributed by atoms with Gasteiger partial charge < -0.3 is 14.5 Å². The predicted octanol–water partition coefficient (Wildman–Crippen LogP) is 2.07. The van der Waals surface area contributed by atoms with E-state index in [9.17, 15) is 0 Å². The smallest absolute Gasteiger partial charge is 0.140 e. The summed E-state index contributed by atoms with van der Waals surface area (Å²) < 4.78 is 4.25. The molecule has 0 unspecified atom stereocenters. The summed E-state index contributed by atoms with van der Waals surface area (Å²) in [5.74, 6) is 1.04. The number of hydrogen-bond acceptors (Lipinski definition) is 3. The second kappa shape index (κ2) is 5.00. The first kappa shape index (κ1) is 12.6. The van der Waals surface area contributed by atoms with Crippen molar-refractivity contribution in [1.82, 2.24) is 24.4 Å². The highest BCUT2D eigenvalue weighted by atomic mass is 15.1. The highest BCUT2D eigenvalue weighted by molar-refractivity contribution is 5.80. The maximum absolute atomic E-state index is 4.55. The quantitative estimate of drug-likeness (QED) is 0.779. The number of nitrogens with one attached hydrogen (secondary N) is 1. The maximum atomic E-state index is 4.55. The molecule has 1 fully saturated rings. The summed E-state index contributed by atoms with van der Waals surface area (Å²) in [6.45, 7) is 1.67. The van der Waals surface area contributed by atoms with E-state index in [1.807, 2.05) is 31.7 Å². The van der Waals surface area contributed by atoms with E-state index in [0.29, 0.717) is 0 Å². The zero-order valence-corrected chi connectivity index (χ0v) is 12.2. The minimum absolute atomic E-state index is 0.717. The van der Waals surface area contributed by atoms with Crippen molar-refractivity contribution in [3.05, 3.63) is 48.3 Å². The molecule has 108 valence electrons. The van der Waals surface area contributed by atoms with Crippen LogP contribution in [0, 0.1) is 0 Å². The van der Waals surface area contributed by atoms with Crippen LogP contribution in [0.4, 0.5) is 0 Å². The summed E-state index contributed by atoms with van der Waals surface area (Å²) >= 11 is 0. The van der Waals surface area contributed by atoms with Gasteiger partial charge in [-0.2, -0.15) is 0 Å². The number of imidazole rings is 1. The molecule has 5 nitrogen and oxygen atoms in total. The molecule has 0 spiro atoms. The molecule has 0 saturated heterocycles. The van der Waals surface area contributed by atoms with E-state index in [-0.39, 0.29) is 0 Å². The van der Waals surface area contributed by atoms with E-state index in [2.05, 4.69) is 36.7 Å². The summed E-state index contributed by atoms with van der Waals surface area (Å²) in [6, 6.07) is 4.88. The van der Waals surface area contributed by atoms with E-state index in [1.165, 1.54) is 23.8 Å². The van der Waals surface area contributed by atoms with Crippen LogP contribution in [0.1, 0.15) is 24.2 Å². The molecule has 0 atom stereocenters. The van der Waals surface area contributed by atoms with Crippen LogP contribution < -0.4 is 5.32 Å². The summed E-state index contributed by atoms with van der Waals surface area (Å²) in [5, 5.41) is 4.82. The fourth-order valence-electron chi connectivity index (χ4n) is 2.70. The zero-order chi connectivity index (χ0) is 14.2. The zero-order valence-electron chi connectivity index (χ0n) is 12.2. The monoisotopic (exact) mass is 281 g/mol. The van der Waals surface area contributed by atoms with Crippen LogP contribution in [0.2, 0.25) is 0 Å². The largest absolute Gasteiger partial charge is 0.337 e. The lowest BCUT2D eigenvalue weighted by molar-refractivity contribution is 0.680. The predicted molar refractivity (Wildman–Crippen MR) is 81.9 cm³/mol. The van der Waals surface area contributed by atoms with Gasteiger partial charge >= 0.3 is 0 Å². The molecule has 0 aliphatic heterocycles. The number of fused-ring (bicyclic) bond motifs is 1. The Hall–Kier alpha value is -2.14. The van der Waals surface area contributed by atoms with Crippen molar-refractivity contribution in [2.75, 3.05) is 0 Å². The Balaban J connectivity index is 1.68. The Morgan fingerprint density at radius 1 is 1.29 bits per heavy atom. The topological polar surface area (TPSA) is 47.7 Å². The SMILES string of the molecule is Cn1ccnc1Cn1cc(CNC2CC2)c2cccnc21. The van der Waals surface area contributed by atoms with Gasteiger partial charge in [0.05, 0.1) is 6.54 Å². The van der Waals surface area contributed by atoms with Gasteiger partial charge in [-0.25, -0.2) is 9.97 Å². The summed E-state index contributed by atoms with van der Waals surface area (Å²) in [4.78, 5) is 8.96. The molecule has 3 heterocycles. The Morgan fingerprint density at radius 3 is 2.95 bits per heavy atom. The van der Waals surface area contributed by atoms with E-state index in [0.717, 1.165) is 30.6 Å². The molecule has 0 bridgehead atoms. The third-order valence-corrected chi connectivity index (χ3v) is 4.11. The number of rotatable bonds is 5. The number of nitrogens with zero attached hydrogens (tertiary/aromatic N) is 4. The first-order valence-corrected chi connectivity index (χ1v) is 7.43. The van der Waals surface area contributed by atoms with Crippen molar-refractivity contribution >= 4 is 11.0 Å². The molecule has 3 aromatic rings. The molecule has 3 aromatic heterocycles. The number of aryl methyl sites for hydroxylation is 1. The molecule has 1 aliphatic carbocycles. The minimum Gasteiger partial charge on any atom is -0.337 e. The first-order chi connectivity index (χ1) is 10.3. The third kappa shape index (κ3) is 2.45. The highest BCUT2D eigenvalue weighted by Gasteiger charge is 2.21. The van der Waals surface area contributed by atoms with E-state index >= 15 is 0 Å². The minimum atomic E-state index is 0.717. The lowest BCUT2D eigenvalue weighted by Gasteiger charge is -2.04. The molecular formula is C16H19N5. The Morgan fingerprint density at radius 2 is 2.19 bits per heavy atom. The first-order valence-electron chi connectivity index (χ1n) is 7.43. The normalized spacial score (nSPS) is 14.9. The van der Waals surface area contributed by atoms with Crippen LogP contribution in [0.3, 0.4) is 0 Å². The van der Waals surface area contributed by atoms with Gasteiger partial charge in [-0.1, -0.05) is 0 Å². The van der Waals surface area contributed by atoms with Gasteiger partial charge in [0.1, 0.15) is 11.5 Å². The van der Waals surface area contributed by atoms with Gasteiger partial charge in [-0.3, -0.25) is 0 Å². The average Bonchev–Trinajstić information content (AvgIpc) is 3.16. The molecule has 5 heteroatoms. The Kier molecular flexibility index (Phi) is 3.00. The van der Waals surface area contributed by atoms with Crippen molar-refractivity contribution in [1.29, 1.82) is 0 Å². The molecule has 1 aliphatic rings. The van der Waals surface area contributed by atoms with Crippen molar-refractivity contribution < 1.29 is 0 Å². The number of aromatic nitrogens is 4. The molecular weight excluding hydrogens is 262 g/mol. The molecule has 0 aromatic carbocycles. The molecule has 4 rings (SSSR count). The summed E-state index contributed by atoms with van der Waals surface area (Å²) in [7, 11) is 2.02. The van der Waals surface area contributed by atoms with Gasteiger partial charge in [0.2, 0.25) is 0 Å². The van der Waals surface area contributed by atoms with Gasteiger partial charge in [-0.05, 0) is 30.5 Å². The highest BCUT2D eigenvalue weighted by Crippen LogP contribution is 2.23. The van der Waals surface area contributed by atoms with Crippen molar-refractivity contribution in [2.24, 2.45) is 7.05 Å². The molecule has 0 amide bonds. The molecule has 1 N–H and O–H groups in total. The van der Waals surface area contributed by atoms with Crippen LogP contribution >= 0.6 is 0 Å². The lowest BCUT2D eigenvalue weighted by atomic mass is 10.2. The second-order valence-corrected chi connectivity index (χ2v) is 5.77. The molecule has 0 radical (unpaired) electrons. The Bertz CT molecular complexity index is 766. The molecule has 21 heavy (non-hydrogen) atoms. The Labute approximate surface area is 123 Å². The van der Waals surface area contributed by atoms with Crippen molar-refractivity contribution in [3.63, 3.8) is 0 Å². The summed E-state index contributed by atoms with van der Waals surface area (Å²) in [6.07, 6.45) is 10.5. The second-order valence-electron chi connectivity index (χ2n) is 5.77. The number of hydrogen-bond donors (Lipinski definition) is 1. The van der Waals surface area contributed by atoms with Crippen LogP contribution in [-0.4, -0.2) is 25.1 Å². The maximum Gasteiger partial charge on any atom is 0.140 e. The third-order valence-electron chi connectivity index (χ3n) is 4.11. The van der Waals surface area contributed by atoms with Gasteiger partial charge in [0.15, 0.2) is 0 Å². The van der Waals surface area contributed by atoms with Crippen LogP contribution in [-0.2, 0) is 20.1 Å². The fourth-order valence-corrected chi connectivity index (χ4v) is 2.70. The fraction of sp³-hybridized carbons (Fsp3) is 0.375. The van der Waals surface area contributed by atoms with Crippen molar-refractivity contribution in [2.45, 2.75) is 32.0 Å². The van der Waals surface area contributed by atoms with E-state index in [1.54, 1.807) is 0 Å². The van der Waals surface area contributed by atoms with Crippen LogP contribution in [0.5, 0.6) is 0 Å². The molecule has 1 saturated carbocycles.